The number of rotatable bonds is 7. The Morgan fingerprint density at radius 3 is 2.52 bits per heavy atom. The number of fused-ring (bicyclic) bond motifs is 3. The molecule has 0 spiro atoms. The lowest BCUT2D eigenvalue weighted by atomic mass is 10.00. The van der Waals surface area contributed by atoms with Crippen LogP contribution in [-0.2, 0) is 16.0 Å². The molecule has 0 aliphatic heterocycles. The van der Waals surface area contributed by atoms with Crippen LogP contribution in [-0.4, -0.2) is 19.2 Å². The molecule has 0 bridgehead atoms. The summed E-state index contributed by atoms with van der Waals surface area (Å²) in [5, 5.41) is 0. The molecule has 0 aromatic heterocycles. The maximum Gasteiger partial charge on any atom is 0.313 e. The molecule has 1 atom stereocenters. The van der Waals surface area contributed by atoms with Gasteiger partial charge in [0.05, 0.1) is 12.5 Å². The molecule has 3 aromatic carbocycles. The number of esters is 1. The molecule has 0 heterocycles. The van der Waals surface area contributed by atoms with E-state index in [1.807, 2.05) is 38.1 Å². The predicted molar refractivity (Wildman–Crippen MR) is 125 cm³/mol. The second-order valence-corrected chi connectivity index (χ2v) is 7.95. The smallest absolute Gasteiger partial charge is 0.313 e. The van der Waals surface area contributed by atoms with Crippen molar-refractivity contribution in [2.75, 3.05) is 13.2 Å². The number of hydrogen-bond donors (Lipinski definition) is 0. The average molecular weight is 413 g/mol. The van der Waals surface area contributed by atoms with Gasteiger partial charge in [0.1, 0.15) is 12.4 Å². The molecule has 0 amide bonds. The number of allylic oxidation sites excluding steroid dienone is 1. The zero-order valence-corrected chi connectivity index (χ0v) is 18.4. The molecule has 0 N–H and O–H groups in total. The van der Waals surface area contributed by atoms with Gasteiger partial charge in [-0.3, -0.25) is 4.79 Å². The SMILES string of the molecule is CCOC(=O)C(C)c1ccc(OC/C=C(\C)c2ccc3c(c2)Cc2ccccc2-3)cc1. The van der Waals surface area contributed by atoms with E-state index in [0.717, 1.165) is 17.7 Å². The molecule has 3 nitrogen and oxygen atoms in total. The van der Waals surface area contributed by atoms with Crippen LogP contribution in [0.3, 0.4) is 0 Å². The van der Waals surface area contributed by atoms with Crippen molar-refractivity contribution in [1.29, 1.82) is 0 Å². The van der Waals surface area contributed by atoms with E-state index >= 15 is 0 Å². The van der Waals surface area contributed by atoms with Crippen LogP contribution < -0.4 is 4.74 Å². The second-order valence-electron chi connectivity index (χ2n) is 7.95. The highest BCUT2D eigenvalue weighted by Crippen LogP contribution is 2.37. The van der Waals surface area contributed by atoms with Gasteiger partial charge in [-0.05, 0) is 84.4 Å². The Labute approximate surface area is 184 Å². The van der Waals surface area contributed by atoms with E-state index in [9.17, 15) is 4.79 Å². The normalized spacial score (nSPS) is 13.3. The minimum atomic E-state index is -0.276. The molecule has 158 valence electrons. The Balaban J connectivity index is 1.37. The third-order valence-corrected chi connectivity index (χ3v) is 5.91. The zero-order chi connectivity index (χ0) is 21.8. The van der Waals surface area contributed by atoms with Gasteiger partial charge in [0.25, 0.3) is 0 Å². The molecule has 0 saturated carbocycles. The summed E-state index contributed by atoms with van der Waals surface area (Å²) in [6.45, 7) is 6.69. The lowest BCUT2D eigenvalue weighted by Crippen LogP contribution is -2.12. The van der Waals surface area contributed by atoms with Crippen molar-refractivity contribution in [3.63, 3.8) is 0 Å². The van der Waals surface area contributed by atoms with Gasteiger partial charge < -0.3 is 9.47 Å². The summed E-state index contributed by atoms with van der Waals surface area (Å²) in [4.78, 5) is 11.9. The van der Waals surface area contributed by atoms with E-state index in [0.29, 0.717) is 13.2 Å². The maximum absolute atomic E-state index is 11.9. The van der Waals surface area contributed by atoms with E-state index in [2.05, 4.69) is 55.5 Å². The van der Waals surface area contributed by atoms with Crippen molar-refractivity contribution in [3.8, 4) is 16.9 Å². The van der Waals surface area contributed by atoms with Crippen LogP contribution in [0.25, 0.3) is 16.7 Å². The molecule has 4 rings (SSSR count). The number of benzene rings is 3. The van der Waals surface area contributed by atoms with Gasteiger partial charge in [-0.1, -0.05) is 54.6 Å². The quantitative estimate of drug-likeness (QED) is 0.329. The number of hydrogen-bond acceptors (Lipinski definition) is 3. The molecule has 0 saturated heterocycles. The van der Waals surface area contributed by atoms with Crippen LogP contribution in [0.4, 0.5) is 0 Å². The third-order valence-electron chi connectivity index (χ3n) is 5.91. The standard InChI is InChI=1S/C28H28O3/c1-4-30-28(29)20(3)21-9-12-25(13-10-21)31-16-15-19(2)22-11-14-27-24(17-22)18-23-7-5-6-8-26(23)27/h5-15,17,20H,4,16,18H2,1-3H3/b19-15+. The molecule has 1 aliphatic rings. The van der Waals surface area contributed by atoms with Crippen LogP contribution in [0.1, 0.15) is 48.9 Å². The van der Waals surface area contributed by atoms with Gasteiger partial charge in [-0.2, -0.15) is 0 Å². The fourth-order valence-electron chi connectivity index (χ4n) is 4.03. The minimum absolute atomic E-state index is 0.202. The van der Waals surface area contributed by atoms with Crippen molar-refractivity contribution < 1.29 is 14.3 Å². The highest BCUT2D eigenvalue weighted by molar-refractivity contribution is 5.79. The summed E-state index contributed by atoms with van der Waals surface area (Å²) in [7, 11) is 0. The van der Waals surface area contributed by atoms with Crippen molar-refractivity contribution >= 4 is 11.5 Å². The van der Waals surface area contributed by atoms with Gasteiger partial charge in [-0.25, -0.2) is 0 Å². The first kappa shape index (κ1) is 20.9. The predicted octanol–water partition coefficient (Wildman–Crippen LogP) is 6.41. The van der Waals surface area contributed by atoms with Gasteiger partial charge in [0.2, 0.25) is 0 Å². The van der Waals surface area contributed by atoms with Crippen LogP contribution in [0.15, 0.2) is 72.8 Å². The van der Waals surface area contributed by atoms with Crippen molar-refractivity contribution in [2.24, 2.45) is 0 Å². The summed E-state index contributed by atoms with van der Waals surface area (Å²) in [6.07, 6.45) is 3.11. The van der Waals surface area contributed by atoms with Crippen LogP contribution in [0, 0.1) is 0 Å². The third kappa shape index (κ3) is 4.56. The first-order valence-electron chi connectivity index (χ1n) is 10.8. The second kappa shape index (κ2) is 9.22. The van der Waals surface area contributed by atoms with Crippen molar-refractivity contribution in [3.05, 3.63) is 95.1 Å². The van der Waals surface area contributed by atoms with Crippen LogP contribution in [0.5, 0.6) is 5.75 Å². The number of ether oxygens (including phenoxy) is 2. The average Bonchev–Trinajstić information content (AvgIpc) is 3.17. The van der Waals surface area contributed by atoms with E-state index in [4.69, 9.17) is 9.47 Å². The fourth-order valence-corrected chi connectivity index (χ4v) is 4.03. The van der Waals surface area contributed by atoms with Gasteiger partial charge in [0.15, 0.2) is 0 Å². The number of carbonyl (C=O) groups is 1. The Morgan fingerprint density at radius 1 is 1.00 bits per heavy atom. The summed E-state index contributed by atoms with van der Waals surface area (Å²) in [5.41, 5.74) is 8.85. The van der Waals surface area contributed by atoms with E-state index in [1.165, 1.54) is 33.4 Å². The molecule has 1 aliphatic carbocycles. The molecule has 31 heavy (non-hydrogen) atoms. The fraction of sp³-hybridized carbons (Fsp3) is 0.250. The molecule has 1 unspecified atom stereocenters. The van der Waals surface area contributed by atoms with Crippen LogP contribution in [0.2, 0.25) is 0 Å². The Kier molecular flexibility index (Phi) is 6.22. The van der Waals surface area contributed by atoms with E-state index < -0.39 is 0 Å². The first-order valence-corrected chi connectivity index (χ1v) is 10.8. The molecular weight excluding hydrogens is 384 g/mol. The van der Waals surface area contributed by atoms with E-state index in [-0.39, 0.29) is 11.9 Å². The molecular formula is C28H28O3. The highest BCUT2D eigenvalue weighted by Gasteiger charge is 2.18. The summed E-state index contributed by atoms with van der Waals surface area (Å²) in [6, 6.07) is 23.0. The van der Waals surface area contributed by atoms with Gasteiger partial charge in [0, 0.05) is 0 Å². The minimum Gasteiger partial charge on any atom is -0.490 e. The Hall–Kier alpha value is -3.33. The summed E-state index contributed by atoms with van der Waals surface area (Å²) >= 11 is 0. The zero-order valence-electron chi connectivity index (χ0n) is 18.4. The molecule has 3 aromatic rings. The summed E-state index contributed by atoms with van der Waals surface area (Å²) in [5.74, 6) is 0.308. The maximum atomic E-state index is 11.9. The number of carbonyl (C=O) groups excluding carboxylic acids is 1. The molecule has 0 radical (unpaired) electrons. The largest absolute Gasteiger partial charge is 0.490 e. The lowest BCUT2D eigenvalue weighted by Gasteiger charge is -2.12. The Morgan fingerprint density at radius 2 is 1.74 bits per heavy atom. The first-order chi connectivity index (χ1) is 15.1. The van der Waals surface area contributed by atoms with E-state index in [1.54, 1.807) is 0 Å². The van der Waals surface area contributed by atoms with Gasteiger partial charge >= 0.3 is 5.97 Å². The van der Waals surface area contributed by atoms with Crippen molar-refractivity contribution in [2.45, 2.75) is 33.1 Å². The topological polar surface area (TPSA) is 35.5 Å². The molecule has 0 fully saturated rings. The summed E-state index contributed by atoms with van der Waals surface area (Å²) < 4.78 is 11.0. The Bertz CT molecular complexity index is 1110. The van der Waals surface area contributed by atoms with Gasteiger partial charge in [-0.15, -0.1) is 0 Å². The monoisotopic (exact) mass is 412 g/mol. The van der Waals surface area contributed by atoms with Crippen LogP contribution >= 0.6 is 0 Å². The van der Waals surface area contributed by atoms with Crippen molar-refractivity contribution in [1.82, 2.24) is 0 Å². The lowest BCUT2D eigenvalue weighted by molar-refractivity contribution is -0.144. The highest BCUT2D eigenvalue weighted by atomic mass is 16.5. The molecule has 3 heteroatoms.